The molecule has 0 heterocycles. The van der Waals surface area contributed by atoms with E-state index < -0.39 is 0 Å². The van der Waals surface area contributed by atoms with Gasteiger partial charge in [-0.1, -0.05) is 90.9 Å². The van der Waals surface area contributed by atoms with Gasteiger partial charge < -0.3 is 17.3 Å². The summed E-state index contributed by atoms with van der Waals surface area (Å²) in [5.41, 5.74) is 0. The number of unbranched alkanes of at least 4 members (excludes halogenated alkanes) is 13. The molecule has 2 heteroatoms. The van der Waals surface area contributed by atoms with Crippen molar-refractivity contribution in [1.29, 1.82) is 0 Å². The summed E-state index contributed by atoms with van der Waals surface area (Å²) in [5.74, 6) is 0. The third-order valence-electron chi connectivity index (χ3n) is 4.63. The van der Waals surface area contributed by atoms with Crippen molar-refractivity contribution in [2.45, 2.75) is 110 Å². The molecule has 0 aliphatic heterocycles. The van der Waals surface area contributed by atoms with Crippen molar-refractivity contribution < 1.29 is 17.3 Å². The molecule has 0 amide bonds. The van der Waals surface area contributed by atoms with Gasteiger partial charge in [-0.25, -0.2) is 0 Å². The van der Waals surface area contributed by atoms with Crippen LogP contribution in [0.2, 0.25) is 0 Å². The van der Waals surface area contributed by atoms with E-state index in [-0.39, 0.29) is 12.4 Å². The quantitative estimate of drug-likeness (QED) is 0.390. The number of hydrogen-bond donors (Lipinski definition) is 1. The number of halogens is 1. The first kappa shape index (κ1) is 24.5. The maximum absolute atomic E-state index is 2.34. The fourth-order valence-electron chi connectivity index (χ4n) is 3.17. The number of rotatable bonds is 17. The van der Waals surface area contributed by atoms with E-state index in [0.29, 0.717) is 0 Å². The zero-order chi connectivity index (χ0) is 15.6. The van der Waals surface area contributed by atoms with Crippen LogP contribution in [0.5, 0.6) is 0 Å². The van der Waals surface area contributed by atoms with Crippen molar-refractivity contribution in [3.63, 3.8) is 0 Å². The minimum atomic E-state index is 0. The van der Waals surface area contributed by atoms with Crippen LogP contribution in [0.15, 0.2) is 0 Å². The van der Waals surface area contributed by atoms with Crippen LogP contribution in [-0.2, 0) is 0 Å². The number of quaternary nitrogens is 1. The Morgan fingerprint density at radius 2 is 0.818 bits per heavy atom. The minimum absolute atomic E-state index is 0. The second-order valence-electron chi connectivity index (χ2n) is 7.05. The summed E-state index contributed by atoms with van der Waals surface area (Å²) >= 11 is 0. The van der Waals surface area contributed by atoms with Gasteiger partial charge in [0, 0.05) is 0 Å². The average Bonchev–Trinajstić information content (AvgIpc) is 2.48. The molecule has 0 aromatic heterocycles. The Kier molecular flexibility index (Phi) is 23.7. The highest BCUT2D eigenvalue weighted by molar-refractivity contribution is 4.49. The fourth-order valence-corrected chi connectivity index (χ4v) is 3.17. The average molecular weight is 334 g/mol. The lowest BCUT2D eigenvalue weighted by molar-refractivity contribution is -0.879. The molecule has 0 bridgehead atoms. The Morgan fingerprint density at radius 1 is 0.455 bits per heavy atom. The summed E-state index contributed by atoms with van der Waals surface area (Å²) < 4.78 is 0. The molecular formula is C20H44ClN. The molecule has 0 aliphatic rings. The topological polar surface area (TPSA) is 4.44 Å². The molecule has 0 aromatic carbocycles. The zero-order valence-corrected chi connectivity index (χ0v) is 16.7. The first-order valence-electron chi connectivity index (χ1n) is 10.1. The molecule has 0 fully saturated rings. The predicted molar refractivity (Wildman–Crippen MR) is 97.2 cm³/mol. The van der Waals surface area contributed by atoms with E-state index in [9.17, 15) is 0 Å². The van der Waals surface area contributed by atoms with Crippen molar-refractivity contribution in [2.24, 2.45) is 0 Å². The molecule has 0 spiro atoms. The van der Waals surface area contributed by atoms with Gasteiger partial charge in [0.25, 0.3) is 0 Å². The molecule has 22 heavy (non-hydrogen) atoms. The summed E-state index contributed by atoms with van der Waals surface area (Å²) in [7, 11) is 2.34. The van der Waals surface area contributed by atoms with Crippen molar-refractivity contribution in [2.75, 3.05) is 20.1 Å². The normalized spacial score (nSPS) is 12.1. The highest BCUT2D eigenvalue weighted by Gasteiger charge is 1.99. The van der Waals surface area contributed by atoms with Gasteiger partial charge in [-0.05, 0) is 19.3 Å². The van der Waals surface area contributed by atoms with Crippen molar-refractivity contribution >= 4 is 0 Å². The fraction of sp³-hybridized carbons (Fsp3) is 1.00. The van der Waals surface area contributed by atoms with E-state index >= 15 is 0 Å². The summed E-state index contributed by atoms with van der Waals surface area (Å²) in [5, 5.41) is 0. The van der Waals surface area contributed by atoms with Crippen LogP contribution < -0.4 is 17.3 Å². The molecule has 0 saturated carbocycles. The molecule has 0 radical (unpaired) electrons. The van der Waals surface area contributed by atoms with Crippen molar-refractivity contribution in [3.8, 4) is 0 Å². The minimum Gasteiger partial charge on any atom is -1.00 e. The van der Waals surface area contributed by atoms with Gasteiger partial charge in [-0.2, -0.15) is 0 Å². The zero-order valence-electron chi connectivity index (χ0n) is 15.9. The second kappa shape index (κ2) is 21.2. The van der Waals surface area contributed by atoms with Crippen LogP contribution in [0.1, 0.15) is 110 Å². The van der Waals surface area contributed by atoms with E-state index in [1.165, 1.54) is 109 Å². The van der Waals surface area contributed by atoms with Gasteiger partial charge in [0.1, 0.15) is 0 Å². The van der Waals surface area contributed by atoms with Crippen molar-refractivity contribution in [1.82, 2.24) is 0 Å². The van der Waals surface area contributed by atoms with Crippen LogP contribution in [0.3, 0.4) is 0 Å². The van der Waals surface area contributed by atoms with Gasteiger partial charge in [0.05, 0.1) is 20.1 Å². The SMILES string of the molecule is CCCCCCCCCCCCCCCC[NH+](C)CCC.[Cl-]. The van der Waals surface area contributed by atoms with Crippen LogP contribution in [-0.4, -0.2) is 20.1 Å². The maximum Gasteiger partial charge on any atom is 0.0768 e. The monoisotopic (exact) mass is 333 g/mol. The molecule has 1 atom stereocenters. The molecule has 1 N–H and O–H groups in total. The summed E-state index contributed by atoms with van der Waals surface area (Å²) in [6.45, 7) is 7.31. The maximum atomic E-state index is 2.34. The van der Waals surface area contributed by atoms with Gasteiger partial charge >= 0.3 is 0 Å². The van der Waals surface area contributed by atoms with Crippen LogP contribution in [0.25, 0.3) is 0 Å². The van der Waals surface area contributed by atoms with E-state index in [4.69, 9.17) is 0 Å². The first-order chi connectivity index (χ1) is 10.3. The Morgan fingerprint density at radius 3 is 1.18 bits per heavy atom. The molecule has 0 rings (SSSR count). The lowest BCUT2D eigenvalue weighted by Crippen LogP contribution is -3.08. The van der Waals surface area contributed by atoms with Gasteiger partial charge in [0.15, 0.2) is 0 Å². The number of nitrogens with one attached hydrogen (secondary N) is 1. The molecule has 0 saturated heterocycles. The van der Waals surface area contributed by atoms with E-state index in [1.54, 1.807) is 4.90 Å². The largest absolute Gasteiger partial charge is 1.00 e. The highest BCUT2D eigenvalue weighted by atomic mass is 35.5. The standard InChI is InChI=1S/C20H43N.ClH/c1-4-6-7-8-9-10-11-12-13-14-15-16-17-18-20-21(3)19-5-2;/h4-20H2,1-3H3;1H. The van der Waals surface area contributed by atoms with E-state index in [0.717, 1.165) is 0 Å². The van der Waals surface area contributed by atoms with Crippen molar-refractivity contribution in [3.05, 3.63) is 0 Å². The lowest BCUT2D eigenvalue weighted by atomic mass is 10.0. The summed E-state index contributed by atoms with van der Waals surface area (Å²) in [4.78, 5) is 1.72. The Hall–Kier alpha value is 0.250. The third kappa shape index (κ3) is 20.2. The van der Waals surface area contributed by atoms with Crippen LogP contribution >= 0.6 is 0 Å². The summed E-state index contributed by atoms with van der Waals surface area (Å²) in [6, 6.07) is 0. The Bertz CT molecular complexity index is 185. The third-order valence-corrected chi connectivity index (χ3v) is 4.63. The molecule has 0 aromatic rings. The Balaban J connectivity index is 0. The molecule has 136 valence electrons. The lowest BCUT2D eigenvalue weighted by Gasteiger charge is -2.12. The first-order valence-corrected chi connectivity index (χ1v) is 10.1. The molecule has 1 nitrogen and oxygen atoms in total. The number of hydrogen-bond acceptors (Lipinski definition) is 0. The van der Waals surface area contributed by atoms with E-state index in [2.05, 4.69) is 20.9 Å². The Labute approximate surface area is 148 Å². The van der Waals surface area contributed by atoms with Crippen LogP contribution in [0, 0.1) is 0 Å². The smallest absolute Gasteiger partial charge is 0.0768 e. The van der Waals surface area contributed by atoms with Gasteiger partial charge in [-0.15, -0.1) is 0 Å². The van der Waals surface area contributed by atoms with Crippen LogP contribution in [0.4, 0.5) is 0 Å². The predicted octanol–water partition coefficient (Wildman–Crippen LogP) is 2.40. The summed E-state index contributed by atoms with van der Waals surface area (Å²) in [6.07, 6.45) is 21.8. The van der Waals surface area contributed by atoms with E-state index in [1.807, 2.05) is 0 Å². The van der Waals surface area contributed by atoms with Gasteiger partial charge in [-0.3, -0.25) is 0 Å². The highest BCUT2D eigenvalue weighted by Crippen LogP contribution is 2.12. The van der Waals surface area contributed by atoms with Gasteiger partial charge in [0.2, 0.25) is 0 Å². The molecule has 1 unspecified atom stereocenters. The molecule has 0 aliphatic carbocycles. The molecular weight excluding hydrogens is 290 g/mol. The second-order valence-corrected chi connectivity index (χ2v) is 7.05.